The average Bonchev–Trinajstić information content (AvgIpc) is 3.22. The molecule has 1 N–H and O–H groups in total. The van der Waals surface area contributed by atoms with Crippen LogP contribution in [0.15, 0.2) is 41.8 Å². The van der Waals surface area contributed by atoms with Crippen molar-refractivity contribution in [1.82, 2.24) is 4.90 Å². The molecule has 2 heterocycles. The number of carbonyl (C=O) groups is 2. The van der Waals surface area contributed by atoms with Crippen molar-refractivity contribution in [2.75, 3.05) is 18.4 Å². The first kappa shape index (κ1) is 15.7. The summed E-state index contributed by atoms with van der Waals surface area (Å²) in [7, 11) is 0. The van der Waals surface area contributed by atoms with Gasteiger partial charge < -0.3 is 10.2 Å². The second kappa shape index (κ2) is 7.42. The number of hydrogen-bond acceptors (Lipinski definition) is 3. The molecule has 2 aromatic rings. The van der Waals surface area contributed by atoms with Gasteiger partial charge in [-0.15, -0.1) is 11.3 Å². The fraction of sp³-hybridized carbons (Fsp3) is 0.333. The summed E-state index contributed by atoms with van der Waals surface area (Å²) in [5.74, 6) is 0.172. The van der Waals surface area contributed by atoms with Crippen molar-refractivity contribution in [2.24, 2.45) is 0 Å². The van der Waals surface area contributed by atoms with E-state index in [2.05, 4.69) is 5.32 Å². The molecule has 1 aliphatic rings. The lowest BCUT2D eigenvalue weighted by Crippen LogP contribution is -2.29. The Bertz CT molecular complexity index is 659. The number of rotatable bonds is 5. The lowest BCUT2D eigenvalue weighted by Gasteiger charge is -2.15. The fourth-order valence-corrected chi connectivity index (χ4v) is 3.44. The van der Waals surface area contributed by atoms with Gasteiger partial charge in [-0.1, -0.05) is 18.2 Å². The van der Waals surface area contributed by atoms with Gasteiger partial charge in [0.1, 0.15) is 0 Å². The molecule has 1 saturated heterocycles. The Morgan fingerprint density at radius 2 is 1.78 bits per heavy atom. The molecule has 3 rings (SSSR count). The van der Waals surface area contributed by atoms with E-state index in [-0.39, 0.29) is 11.8 Å². The van der Waals surface area contributed by atoms with Crippen LogP contribution < -0.4 is 5.32 Å². The SMILES string of the molecule is O=C(Cc1cccs1)Nc1ccc(CC(=O)N2CCCC2)cc1. The molecule has 1 aromatic heterocycles. The highest BCUT2D eigenvalue weighted by Crippen LogP contribution is 2.15. The quantitative estimate of drug-likeness (QED) is 0.917. The molecule has 1 aliphatic heterocycles. The summed E-state index contributed by atoms with van der Waals surface area (Å²) in [5.41, 5.74) is 1.75. The van der Waals surface area contributed by atoms with Gasteiger partial charge in [-0.2, -0.15) is 0 Å². The van der Waals surface area contributed by atoms with E-state index in [0.29, 0.717) is 12.8 Å². The van der Waals surface area contributed by atoms with E-state index in [4.69, 9.17) is 0 Å². The van der Waals surface area contributed by atoms with E-state index in [1.54, 1.807) is 11.3 Å². The molecule has 0 aliphatic carbocycles. The van der Waals surface area contributed by atoms with Crippen molar-refractivity contribution in [3.63, 3.8) is 0 Å². The zero-order chi connectivity index (χ0) is 16.1. The summed E-state index contributed by atoms with van der Waals surface area (Å²) in [6.07, 6.45) is 3.05. The fourth-order valence-electron chi connectivity index (χ4n) is 2.74. The number of benzene rings is 1. The summed E-state index contributed by atoms with van der Waals surface area (Å²) in [5, 5.41) is 4.86. The highest BCUT2D eigenvalue weighted by atomic mass is 32.1. The molecular formula is C18H20N2O2S. The molecule has 120 valence electrons. The second-order valence-corrected chi connectivity index (χ2v) is 6.80. The first-order valence-corrected chi connectivity index (χ1v) is 8.77. The Balaban J connectivity index is 1.52. The molecule has 5 heteroatoms. The highest BCUT2D eigenvalue weighted by Gasteiger charge is 2.17. The molecule has 4 nitrogen and oxygen atoms in total. The number of anilines is 1. The summed E-state index contributed by atoms with van der Waals surface area (Å²) >= 11 is 1.58. The molecule has 0 atom stereocenters. The van der Waals surface area contributed by atoms with Crippen molar-refractivity contribution in [1.29, 1.82) is 0 Å². The van der Waals surface area contributed by atoms with Crippen LogP contribution in [0.3, 0.4) is 0 Å². The number of thiophene rings is 1. The second-order valence-electron chi connectivity index (χ2n) is 5.77. The van der Waals surface area contributed by atoms with Crippen LogP contribution in [0.5, 0.6) is 0 Å². The number of likely N-dealkylation sites (tertiary alicyclic amines) is 1. The monoisotopic (exact) mass is 328 g/mol. The van der Waals surface area contributed by atoms with Gasteiger partial charge in [0.05, 0.1) is 12.8 Å². The normalized spacial score (nSPS) is 14.0. The molecule has 1 fully saturated rings. The van der Waals surface area contributed by atoms with Gasteiger partial charge in [-0.25, -0.2) is 0 Å². The summed E-state index contributed by atoms with van der Waals surface area (Å²) in [6, 6.07) is 11.4. The third-order valence-electron chi connectivity index (χ3n) is 3.97. The van der Waals surface area contributed by atoms with E-state index in [0.717, 1.165) is 42.1 Å². The maximum atomic E-state index is 12.1. The van der Waals surface area contributed by atoms with E-state index >= 15 is 0 Å². The highest BCUT2D eigenvalue weighted by molar-refractivity contribution is 7.10. The van der Waals surface area contributed by atoms with E-state index in [1.807, 2.05) is 46.7 Å². The Kier molecular flexibility index (Phi) is 5.08. The van der Waals surface area contributed by atoms with Crippen molar-refractivity contribution < 1.29 is 9.59 Å². The number of carbonyl (C=O) groups excluding carboxylic acids is 2. The molecule has 23 heavy (non-hydrogen) atoms. The zero-order valence-corrected chi connectivity index (χ0v) is 13.8. The summed E-state index contributed by atoms with van der Waals surface area (Å²) in [6.45, 7) is 1.77. The van der Waals surface area contributed by atoms with Crippen LogP contribution in [0.4, 0.5) is 5.69 Å². The van der Waals surface area contributed by atoms with Gasteiger partial charge in [-0.05, 0) is 42.0 Å². The molecule has 0 radical (unpaired) electrons. The van der Waals surface area contributed by atoms with E-state index in [1.165, 1.54) is 0 Å². The van der Waals surface area contributed by atoms with Crippen molar-refractivity contribution >= 4 is 28.8 Å². The average molecular weight is 328 g/mol. The Hall–Kier alpha value is -2.14. The van der Waals surface area contributed by atoms with Gasteiger partial charge in [0, 0.05) is 23.7 Å². The predicted octanol–water partition coefficient (Wildman–Crippen LogP) is 3.09. The number of amides is 2. The molecule has 0 unspecified atom stereocenters. The van der Waals surface area contributed by atoms with Gasteiger partial charge in [0.25, 0.3) is 0 Å². The van der Waals surface area contributed by atoms with Gasteiger partial charge in [0.15, 0.2) is 0 Å². The Labute approximate surface area is 140 Å². The third kappa shape index (κ3) is 4.42. The largest absolute Gasteiger partial charge is 0.342 e. The van der Waals surface area contributed by atoms with Crippen molar-refractivity contribution in [3.05, 3.63) is 52.2 Å². The van der Waals surface area contributed by atoms with E-state index in [9.17, 15) is 9.59 Å². The van der Waals surface area contributed by atoms with Crippen LogP contribution in [0.25, 0.3) is 0 Å². The summed E-state index contributed by atoms with van der Waals surface area (Å²) in [4.78, 5) is 27.0. The molecular weight excluding hydrogens is 308 g/mol. The first-order chi connectivity index (χ1) is 11.2. The first-order valence-electron chi connectivity index (χ1n) is 7.90. The lowest BCUT2D eigenvalue weighted by atomic mass is 10.1. The maximum absolute atomic E-state index is 12.1. The molecule has 0 spiro atoms. The van der Waals surface area contributed by atoms with Crippen LogP contribution in [0.2, 0.25) is 0 Å². The van der Waals surface area contributed by atoms with Gasteiger partial charge >= 0.3 is 0 Å². The van der Waals surface area contributed by atoms with Crippen molar-refractivity contribution in [3.8, 4) is 0 Å². The Morgan fingerprint density at radius 3 is 2.43 bits per heavy atom. The molecule has 2 amide bonds. The predicted molar refractivity (Wildman–Crippen MR) is 92.6 cm³/mol. The Morgan fingerprint density at radius 1 is 1.04 bits per heavy atom. The smallest absolute Gasteiger partial charge is 0.229 e. The van der Waals surface area contributed by atoms with Gasteiger partial charge in [-0.3, -0.25) is 9.59 Å². The van der Waals surface area contributed by atoms with Crippen LogP contribution >= 0.6 is 11.3 Å². The minimum Gasteiger partial charge on any atom is -0.342 e. The lowest BCUT2D eigenvalue weighted by molar-refractivity contribution is -0.129. The number of nitrogens with zero attached hydrogens (tertiary/aromatic N) is 1. The minimum atomic E-state index is -0.0201. The van der Waals surface area contributed by atoms with Crippen molar-refractivity contribution in [2.45, 2.75) is 25.7 Å². The standard InChI is InChI=1S/C18H20N2O2S/c21-17(13-16-4-3-11-23-16)19-15-7-5-14(6-8-15)12-18(22)20-9-1-2-10-20/h3-8,11H,1-2,9-10,12-13H2,(H,19,21). The van der Waals surface area contributed by atoms with E-state index < -0.39 is 0 Å². The number of hydrogen-bond donors (Lipinski definition) is 1. The topological polar surface area (TPSA) is 49.4 Å². The van der Waals surface area contributed by atoms with Crippen LogP contribution in [0.1, 0.15) is 23.3 Å². The third-order valence-corrected chi connectivity index (χ3v) is 4.84. The maximum Gasteiger partial charge on any atom is 0.229 e. The summed E-state index contributed by atoms with van der Waals surface area (Å²) < 4.78 is 0. The minimum absolute atomic E-state index is 0.0201. The van der Waals surface area contributed by atoms with Crippen LogP contribution in [-0.2, 0) is 22.4 Å². The number of nitrogens with one attached hydrogen (secondary N) is 1. The molecule has 0 saturated carbocycles. The van der Waals surface area contributed by atoms with Gasteiger partial charge in [0.2, 0.25) is 11.8 Å². The molecule has 1 aromatic carbocycles. The van der Waals surface area contributed by atoms with Crippen LogP contribution in [-0.4, -0.2) is 29.8 Å². The zero-order valence-electron chi connectivity index (χ0n) is 13.0. The van der Waals surface area contributed by atoms with Crippen LogP contribution in [0, 0.1) is 0 Å². The molecule has 0 bridgehead atoms.